The smallest absolute Gasteiger partial charge is 0.253 e. The van der Waals surface area contributed by atoms with E-state index in [1.54, 1.807) is 19.5 Å². The number of aromatic nitrogens is 2. The van der Waals surface area contributed by atoms with Crippen LogP contribution in [0.15, 0.2) is 65.8 Å². The normalized spacial score (nSPS) is 10.3. The number of hydrogen-bond donors (Lipinski definition) is 2. The van der Waals surface area contributed by atoms with Gasteiger partial charge < -0.3 is 19.8 Å². The summed E-state index contributed by atoms with van der Waals surface area (Å²) < 4.78 is 11.2. The van der Waals surface area contributed by atoms with Gasteiger partial charge in [0, 0.05) is 31.2 Å². The third-order valence-electron chi connectivity index (χ3n) is 3.87. The van der Waals surface area contributed by atoms with Gasteiger partial charge in [0.2, 0.25) is 5.56 Å². The van der Waals surface area contributed by atoms with E-state index in [-0.39, 0.29) is 11.5 Å². The maximum absolute atomic E-state index is 12.1. The molecule has 1 aromatic carbocycles. The molecule has 0 saturated heterocycles. The minimum Gasteiger partial charge on any atom is -0.493 e. The number of rotatable bonds is 7. The van der Waals surface area contributed by atoms with Crippen molar-refractivity contribution in [2.75, 3.05) is 7.11 Å². The first-order chi connectivity index (χ1) is 13.2. The second kappa shape index (κ2) is 8.66. The lowest BCUT2D eigenvalue weighted by Gasteiger charge is -2.13. The zero-order chi connectivity index (χ0) is 19.1. The van der Waals surface area contributed by atoms with E-state index in [0.717, 1.165) is 11.1 Å². The molecule has 2 N–H and O–H groups in total. The molecule has 7 heteroatoms. The number of carbonyl (C=O) groups excluding carboxylic acids is 1. The summed E-state index contributed by atoms with van der Waals surface area (Å²) >= 11 is 0. The van der Waals surface area contributed by atoms with Gasteiger partial charge in [-0.2, -0.15) is 0 Å². The van der Waals surface area contributed by atoms with Crippen LogP contribution >= 0.6 is 0 Å². The molecule has 2 heterocycles. The highest BCUT2D eigenvalue weighted by Crippen LogP contribution is 2.28. The number of benzene rings is 1. The number of amides is 1. The molecule has 0 aliphatic rings. The summed E-state index contributed by atoms with van der Waals surface area (Å²) in [5.74, 6) is 0.924. The molecule has 138 valence electrons. The number of pyridine rings is 2. The van der Waals surface area contributed by atoms with Gasteiger partial charge in [-0.15, -0.1) is 0 Å². The molecule has 1 amide bonds. The molecular formula is C20H19N3O4. The van der Waals surface area contributed by atoms with E-state index in [2.05, 4.69) is 15.3 Å². The van der Waals surface area contributed by atoms with Crippen LogP contribution in [0.2, 0.25) is 0 Å². The number of nitrogens with zero attached hydrogens (tertiary/aromatic N) is 1. The molecule has 0 fully saturated rings. The number of ether oxygens (including phenoxy) is 2. The maximum atomic E-state index is 12.1. The third kappa shape index (κ3) is 4.94. The lowest BCUT2D eigenvalue weighted by Crippen LogP contribution is -2.23. The Kier molecular flexibility index (Phi) is 5.84. The Morgan fingerprint density at radius 3 is 2.59 bits per heavy atom. The molecule has 7 nitrogen and oxygen atoms in total. The number of H-pyrrole nitrogens is 1. The molecule has 0 saturated carbocycles. The summed E-state index contributed by atoms with van der Waals surface area (Å²) in [5, 5.41) is 2.80. The van der Waals surface area contributed by atoms with Crippen molar-refractivity contribution in [1.29, 1.82) is 0 Å². The molecule has 0 aliphatic heterocycles. The summed E-state index contributed by atoms with van der Waals surface area (Å²) in [7, 11) is 1.57. The molecule has 3 aromatic rings. The average molecular weight is 365 g/mol. The first kappa shape index (κ1) is 18.2. The van der Waals surface area contributed by atoms with E-state index in [4.69, 9.17) is 9.47 Å². The highest BCUT2D eigenvalue weighted by molar-refractivity contribution is 5.93. The van der Waals surface area contributed by atoms with Crippen molar-refractivity contribution >= 4 is 5.91 Å². The van der Waals surface area contributed by atoms with Crippen molar-refractivity contribution in [3.63, 3.8) is 0 Å². The Morgan fingerprint density at radius 2 is 1.89 bits per heavy atom. The van der Waals surface area contributed by atoms with Gasteiger partial charge in [-0.25, -0.2) is 0 Å². The zero-order valence-electron chi connectivity index (χ0n) is 14.8. The van der Waals surface area contributed by atoms with Crippen LogP contribution in [-0.2, 0) is 13.2 Å². The molecule has 27 heavy (non-hydrogen) atoms. The van der Waals surface area contributed by atoms with Crippen molar-refractivity contribution in [2.24, 2.45) is 0 Å². The zero-order valence-corrected chi connectivity index (χ0v) is 14.8. The Labute approximate surface area is 156 Å². The molecule has 0 spiro atoms. The van der Waals surface area contributed by atoms with Gasteiger partial charge in [-0.05, 0) is 41.5 Å². The van der Waals surface area contributed by atoms with Crippen molar-refractivity contribution in [3.05, 3.63) is 88.1 Å². The number of hydrogen-bond acceptors (Lipinski definition) is 5. The second-order valence-electron chi connectivity index (χ2n) is 5.75. The summed E-state index contributed by atoms with van der Waals surface area (Å²) in [6.45, 7) is 0.722. The molecular weight excluding hydrogens is 346 g/mol. The standard InChI is InChI=1S/C20H19N3O4/c1-26-18-10-15(11-23-20(25)16-3-5-19(24)22-12-16)2-4-17(18)27-13-14-6-8-21-9-7-14/h2-10,12H,11,13H2,1H3,(H,22,24)(H,23,25). The Bertz CT molecular complexity index is 950. The van der Waals surface area contributed by atoms with E-state index in [1.807, 2.05) is 30.3 Å². The van der Waals surface area contributed by atoms with Crippen molar-refractivity contribution < 1.29 is 14.3 Å². The van der Waals surface area contributed by atoms with Crippen LogP contribution in [0.1, 0.15) is 21.5 Å². The number of aromatic amines is 1. The van der Waals surface area contributed by atoms with Gasteiger partial charge in [0.1, 0.15) is 6.61 Å². The number of carbonyl (C=O) groups is 1. The first-order valence-electron chi connectivity index (χ1n) is 8.31. The van der Waals surface area contributed by atoms with E-state index >= 15 is 0 Å². The Hall–Kier alpha value is -3.61. The minimum absolute atomic E-state index is 0.251. The summed E-state index contributed by atoms with van der Waals surface area (Å²) in [5.41, 5.74) is 2.00. The lowest BCUT2D eigenvalue weighted by atomic mass is 10.2. The van der Waals surface area contributed by atoms with E-state index in [0.29, 0.717) is 30.2 Å². The predicted octanol–water partition coefficient (Wildman–Crippen LogP) is 2.29. The van der Waals surface area contributed by atoms with Crippen LogP contribution in [0.5, 0.6) is 11.5 Å². The van der Waals surface area contributed by atoms with Gasteiger partial charge in [-0.1, -0.05) is 6.07 Å². The fourth-order valence-corrected chi connectivity index (χ4v) is 2.42. The minimum atomic E-state index is -0.275. The van der Waals surface area contributed by atoms with Crippen LogP contribution < -0.4 is 20.3 Å². The van der Waals surface area contributed by atoms with Gasteiger partial charge in [0.05, 0.1) is 12.7 Å². The first-order valence-corrected chi connectivity index (χ1v) is 8.31. The van der Waals surface area contributed by atoms with Crippen molar-refractivity contribution in [2.45, 2.75) is 13.2 Å². The molecule has 0 radical (unpaired) electrons. The molecule has 3 rings (SSSR count). The predicted molar refractivity (Wildman–Crippen MR) is 99.8 cm³/mol. The molecule has 0 bridgehead atoms. The van der Waals surface area contributed by atoms with Gasteiger partial charge in [-0.3, -0.25) is 14.6 Å². The third-order valence-corrected chi connectivity index (χ3v) is 3.87. The highest BCUT2D eigenvalue weighted by atomic mass is 16.5. The van der Waals surface area contributed by atoms with Crippen molar-refractivity contribution in [3.8, 4) is 11.5 Å². The largest absolute Gasteiger partial charge is 0.493 e. The van der Waals surface area contributed by atoms with E-state index in [9.17, 15) is 9.59 Å². The van der Waals surface area contributed by atoms with Gasteiger partial charge in [0.25, 0.3) is 5.91 Å². The summed E-state index contributed by atoms with van der Waals surface area (Å²) in [4.78, 5) is 29.6. The number of methoxy groups -OCH3 is 1. The van der Waals surface area contributed by atoms with E-state index in [1.165, 1.54) is 18.3 Å². The second-order valence-corrected chi connectivity index (χ2v) is 5.75. The van der Waals surface area contributed by atoms with Crippen LogP contribution in [0.4, 0.5) is 0 Å². The molecule has 0 unspecified atom stereocenters. The average Bonchev–Trinajstić information content (AvgIpc) is 2.72. The fourth-order valence-electron chi connectivity index (χ4n) is 2.42. The summed E-state index contributed by atoms with van der Waals surface area (Å²) in [6.07, 6.45) is 4.81. The van der Waals surface area contributed by atoms with Gasteiger partial charge >= 0.3 is 0 Å². The molecule has 0 atom stereocenters. The topological polar surface area (TPSA) is 93.3 Å². The monoisotopic (exact) mass is 365 g/mol. The van der Waals surface area contributed by atoms with E-state index < -0.39 is 0 Å². The highest BCUT2D eigenvalue weighted by Gasteiger charge is 2.09. The lowest BCUT2D eigenvalue weighted by molar-refractivity contribution is 0.0950. The SMILES string of the molecule is COc1cc(CNC(=O)c2ccc(=O)[nH]c2)ccc1OCc1ccncc1. The van der Waals surface area contributed by atoms with Crippen LogP contribution in [0, 0.1) is 0 Å². The Morgan fingerprint density at radius 1 is 1.07 bits per heavy atom. The molecule has 2 aromatic heterocycles. The fraction of sp³-hybridized carbons (Fsp3) is 0.150. The number of nitrogens with one attached hydrogen (secondary N) is 2. The van der Waals surface area contributed by atoms with Crippen LogP contribution in [0.3, 0.4) is 0 Å². The maximum Gasteiger partial charge on any atom is 0.253 e. The van der Waals surface area contributed by atoms with Crippen molar-refractivity contribution in [1.82, 2.24) is 15.3 Å². The molecule has 0 aliphatic carbocycles. The van der Waals surface area contributed by atoms with Crippen LogP contribution in [0.25, 0.3) is 0 Å². The quantitative estimate of drug-likeness (QED) is 0.670. The summed E-state index contributed by atoms with van der Waals surface area (Å²) in [6, 6.07) is 12.0. The Balaban J connectivity index is 1.62. The van der Waals surface area contributed by atoms with Gasteiger partial charge in [0.15, 0.2) is 11.5 Å². The van der Waals surface area contributed by atoms with Crippen LogP contribution in [-0.4, -0.2) is 23.0 Å².